The van der Waals surface area contributed by atoms with E-state index in [0.29, 0.717) is 0 Å². The molecule has 0 amide bonds. The van der Waals surface area contributed by atoms with Crippen LogP contribution in [0.3, 0.4) is 0 Å². The van der Waals surface area contributed by atoms with Crippen LogP contribution in [0.4, 0.5) is 0 Å². The van der Waals surface area contributed by atoms with Gasteiger partial charge in [0.2, 0.25) is 5.69 Å². The van der Waals surface area contributed by atoms with Crippen LogP contribution in [0.25, 0.3) is 0 Å². The minimum absolute atomic E-state index is 0.396. The van der Waals surface area contributed by atoms with Gasteiger partial charge in [0.25, 0.3) is 0 Å². The van der Waals surface area contributed by atoms with E-state index < -0.39 is 22.8 Å². The molecule has 2 atom stereocenters. The van der Waals surface area contributed by atoms with E-state index in [1.165, 1.54) is 73.2 Å². The fraction of sp³-hybridized carbons (Fsp3) is 1.00. The van der Waals surface area contributed by atoms with Gasteiger partial charge < -0.3 is 9.79 Å². The third-order valence-corrected chi connectivity index (χ3v) is 12.1. The minimum Gasteiger partial charge on any atom is -0.338 e. The molecule has 30 heavy (non-hydrogen) atoms. The molecule has 2 nitrogen and oxygen atoms in total. The van der Waals surface area contributed by atoms with Crippen LogP contribution in [0.2, 0.25) is 9.02 Å². The van der Waals surface area contributed by atoms with Gasteiger partial charge in [0.1, 0.15) is 0 Å². The molecule has 0 aliphatic heterocycles. The summed E-state index contributed by atoms with van der Waals surface area (Å²) in [6.07, 6.45) is 21.0. The van der Waals surface area contributed by atoms with Gasteiger partial charge in [0.15, 0.2) is 0 Å². The number of hydrogen-bond acceptors (Lipinski definition) is 1. The molecule has 0 bridgehead atoms. The number of unbranched alkanes of at least 4 members (excludes halogenated alkanes) is 4. The molecule has 0 aromatic carbocycles. The van der Waals surface area contributed by atoms with Gasteiger partial charge in [-0.15, -0.1) is 0 Å². The molecule has 0 spiro atoms. The molecule has 2 unspecified atom stereocenters. The fourth-order valence-electron chi connectivity index (χ4n) is 4.19. The van der Waals surface area contributed by atoms with Crippen molar-refractivity contribution in [2.45, 2.75) is 140 Å². The normalized spacial score (nSPS) is 13.7. The predicted molar refractivity (Wildman–Crippen MR) is 141 cm³/mol. The molecule has 180 valence electrons. The first kappa shape index (κ1) is 33.7. The van der Waals surface area contributed by atoms with Gasteiger partial charge in [0.05, 0.1) is 0 Å². The zero-order valence-corrected chi connectivity index (χ0v) is 26.7. The molecule has 6 heteroatoms. The summed E-state index contributed by atoms with van der Waals surface area (Å²) < 4.78 is 2.40. The first-order valence-electron chi connectivity index (χ1n) is 12.8. The van der Waals surface area contributed by atoms with E-state index in [0.717, 1.165) is 11.8 Å². The summed E-state index contributed by atoms with van der Waals surface area (Å²) in [6, 6.07) is 0. The van der Waals surface area contributed by atoms with Crippen LogP contribution in [-0.4, -0.2) is 9.79 Å². The van der Waals surface area contributed by atoms with Gasteiger partial charge >= 0.3 is 169 Å². The molecule has 0 aliphatic rings. The van der Waals surface area contributed by atoms with Crippen LogP contribution in [-0.2, 0) is 28.9 Å². The smallest absolute Gasteiger partial charge is 0.239 e. The van der Waals surface area contributed by atoms with Gasteiger partial charge in [-0.25, -0.2) is 0 Å². The molecule has 0 aromatic heterocycles. The predicted octanol–water partition coefficient (Wildman–Crippen LogP) is 9.58. The van der Waals surface area contributed by atoms with E-state index in [9.17, 15) is 0 Å². The Morgan fingerprint density at radius 3 is 1.20 bits per heavy atom. The van der Waals surface area contributed by atoms with Crippen molar-refractivity contribution >= 4 is 29.7 Å². The fourth-order valence-corrected chi connectivity index (χ4v) is 10.6. The number of thiol groups is 1. The van der Waals surface area contributed by atoms with Gasteiger partial charge in [0, 0.05) is 0 Å². The molecular formula is C24H53O2PS2Zn. The molecule has 0 fully saturated rings. The molecular weight excluding hydrogens is 481 g/mol. The zero-order valence-electron chi connectivity index (χ0n) is 21.1. The Balaban J connectivity index is 0. The van der Waals surface area contributed by atoms with Crippen LogP contribution in [0.1, 0.15) is 131 Å². The molecule has 0 aliphatic carbocycles. The van der Waals surface area contributed by atoms with Crippen molar-refractivity contribution in [3.8, 4) is 0 Å². The standard InChI is InChI=1S/2C12H25.H3O2PS2.Zn/c2*1-4-5-6-7-8-9-10-11-12(2)3;1-3(2,4)5;/h2*7,12H,4-6,8-11H2,1-3H3;(H3,1,2,4,5);. The Labute approximate surface area is 208 Å². The van der Waals surface area contributed by atoms with Crippen LogP contribution >= 0.6 is 17.9 Å². The Bertz CT molecular complexity index is 368. The second kappa shape index (κ2) is 22.3. The van der Waals surface area contributed by atoms with Crippen LogP contribution < -0.4 is 0 Å². The van der Waals surface area contributed by atoms with Crippen LogP contribution in [0.15, 0.2) is 0 Å². The average Bonchev–Trinajstić information content (AvgIpc) is 2.62. The molecule has 0 heterocycles. The van der Waals surface area contributed by atoms with Crippen molar-refractivity contribution in [2.24, 2.45) is 11.8 Å². The molecule has 0 radical (unpaired) electrons. The van der Waals surface area contributed by atoms with Gasteiger partial charge in [-0.2, -0.15) is 0 Å². The van der Waals surface area contributed by atoms with Crippen molar-refractivity contribution in [3.05, 3.63) is 0 Å². The first-order valence-corrected chi connectivity index (χ1v) is 20.1. The number of rotatable bonds is 18. The van der Waals surface area contributed by atoms with Crippen molar-refractivity contribution in [1.82, 2.24) is 0 Å². The summed E-state index contributed by atoms with van der Waals surface area (Å²) in [4.78, 5) is 15.7. The van der Waals surface area contributed by atoms with Crippen LogP contribution in [0, 0.1) is 11.8 Å². The Morgan fingerprint density at radius 2 is 0.933 bits per heavy atom. The van der Waals surface area contributed by atoms with E-state index >= 15 is 0 Å². The van der Waals surface area contributed by atoms with Gasteiger partial charge in [-0.3, -0.25) is 0 Å². The molecule has 0 rings (SSSR count). The van der Waals surface area contributed by atoms with E-state index in [4.69, 9.17) is 9.79 Å². The maximum absolute atomic E-state index is 7.87. The SMILES string of the molecule is CCCC[CH](CCCCC(C)C)[Zn][CH](CCCC)CCCCC(C)C.OP(O)(=S)S. The van der Waals surface area contributed by atoms with E-state index in [2.05, 4.69) is 65.6 Å². The topological polar surface area (TPSA) is 40.5 Å². The zero-order chi connectivity index (χ0) is 23.4. The van der Waals surface area contributed by atoms with Crippen molar-refractivity contribution in [1.29, 1.82) is 0 Å². The Kier molecular flexibility index (Phi) is 25.1. The molecule has 0 saturated heterocycles. The van der Waals surface area contributed by atoms with Crippen LogP contribution in [0.5, 0.6) is 0 Å². The Morgan fingerprint density at radius 1 is 0.667 bits per heavy atom. The summed E-state index contributed by atoms with van der Waals surface area (Å²) in [5.74, 6) is 1.79. The van der Waals surface area contributed by atoms with Crippen molar-refractivity contribution in [3.63, 3.8) is 0 Å². The average molecular weight is 534 g/mol. The van der Waals surface area contributed by atoms with E-state index in [1.54, 1.807) is 25.7 Å². The largest absolute Gasteiger partial charge is 0.338 e. The van der Waals surface area contributed by atoms with Gasteiger partial charge in [-0.1, -0.05) is 12.2 Å². The molecule has 2 N–H and O–H groups in total. The maximum Gasteiger partial charge on any atom is 0.239 e. The monoisotopic (exact) mass is 532 g/mol. The molecule has 0 aromatic rings. The Hall–Kier alpha value is 1.54. The summed E-state index contributed by atoms with van der Waals surface area (Å²) in [6.45, 7) is 14.3. The van der Waals surface area contributed by atoms with Crippen molar-refractivity contribution in [2.75, 3.05) is 0 Å². The summed E-state index contributed by atoms with van der Waals surface area (Å²) >= 11 is 6.68. The second-order valence-electron chi connectivity index (χ2n) is 10.1. The third-order valence-electron chi connectivity index (χ3n) is 5.89. The summed E-state index contributed by atoms with van der Waals surface area (Å²) in [7, 11) is 0. The quantitative estimate of drug-likeness (QED) is 0.0710. The first-order chi connectivity index (χ1) is 14.0. The summed E-state index contributed by atoms with van der Waals surface area (Å²) in [5, 5.41) is 0. The second-order valence-corrected chi connectivity index (χ2v) is 21.0. The van der Waals surface area contributed by atoms with E-state index in [1.807, 2.05) is 0 Å². The molecule has 0 saturated carbocycles. The van der Waals surface area contributed by atoms with Gasteiger partial charge in [-0.05, 0) is 11.8 Å². The number of hydrogen-bond donors (Lipinski definition) is 3. The third kappa shape index (κ3) is 31.7. The minimum atomic E-state index is -3.11. The van der Waals surface area contributed by atoms with Crippen molar-refractivity contribution < 1.29 is 26.9 Å². The maximum atomic E-state index is 7.87. The summed E-state index contributed by atoms with van der Waals surface area (Å²) in [5.41, 5.74) is -3.11. The van der Waals surface area contributed by atoms with E-state index in [-0.39, 0.29) is 0 Å².